The molecular formula is C15H17ClN2O3. The molecule has 0 aliphatic rings. The Morgan fingerprint density at radius 1 is 1.43 bits per heavy atom. The van der Waals surface area contributed by atoms with Crippen LogP contribution >= 0.6 is 11.6 Å². The summed E-state index contributed by atoms with van der Waals surface area (Å²) < 4.78 is 11.1. The molecule has 0 aromatic heterocycles. The molecule has 0 saturated heterocycles. The van der Waals surface area contributed by atoms with Gasteiger partial charge in [0.05, 0.1) is 18.2 Å². The Bertz CT molecular complexity index is 591. The van der Waals surface area contributed by atoms with Crippen molar-refractivity contribution in [2.45, 2.75) is 20.3 Å². The molecule has 0 aliphatic carbocycles. The second-order valence-corrected chi connectivity index (χ2v) is 4.55. The summed E-state index contributed by atoms with van der Waals surface area (Å²) in [6.45, 7) is 4.77. The van der Waals surface area contributed by atoms with Gasteiger partial charge in [0, 0.05) is 0 Å². The number of carbonyl (C=O) groups excluding carboxylic acids is 1. The predicted molar refractivity (Wildman–Crippen MR) is 81.2 cm³/mol. The second kappa shape index (κ2) is 8.18. The van der Waals surface area contributed by atoms with E-state index in [0.717, 1.165) is 6.42 Å². The maximum atomic E-state index is 11.1. The Morgan fingerprint density at radius 3 is 2.67 bits per heavy atom. The van der Waals surface area contributed by atoms with E-state index >= 15 is 0 Å². The van der Waals surface area contributed by atoms with Gasteiger partial charge in [0.2, 0.25) is 0 Å². The number of ether oxygens (including phenoxy) is 2. The molecule has 1 aromatic carbocycles. The summed E-state index contributed by atoms with van der Waals surface area (Å²) >= 11 is 6.18. The third kappa shape index (κ3) is 4.69. The molecule has 1 rings (SSSR count). The molecule has 0 radical (unpaired) electrons. The van der Waals surface area contributed by atoms with Crippen molar-refractivity contribution in [1.82, 2.24) is 0 Å². The number of nitriles is 1. The Hall–Kier alpha value is -2.19. The van der Waals surface area contributed by atoms with Crippen LogP contribution in [0.4, 0.5) is 0 Å². The van der Waals surface area contributed by atoms with Crippen LogP contribution in [-0.2, 0) is 4.79 Å². The van der Waals surface area contributed by atoms with Gasteiger partial charge in [-0.3, -0.25) is 4.79 Å². The number of hydrogen-bond donors (Lipinski definition) is 1. The Kier molecular flexibility index (Phi) is 6.57. The van der Waals surface area contributed by atoms with Crippen molar-refractivity contribution in [2.24, 2.45) is 5.73 Å². The van der Waals surface area contributed by atoms with Gasteiger partial charge in [0.25, 0.3) is 5.91 Å². The molecule has 0 unspecified atom stereocenters. The van der Waals surface area contributed by atoms with Crippen molar-refractivity contribution >= 4 is 23.6 Å². The third-order valence-corrected chi connectivity index (χ3v) is 2.76. The van der Waals surface area contributed by atoms with Crippen LogP contribution in [0, 0.1) is 11.3 Å². The maximum Gasteiger partial charge on any atom is 0.259 e. The molecule has 0 heterocycles. The normalized spacial score (nSPS) is 10.9. The molecule has 0 aliphatic heterocycles. The Labute approximate surface area is 128 Å². The van der Waals surface area contributed by atoms with Crippen molar-refractivity contribution < 1.29 is 14.3 Å². The summed E-state index contributed by atoms with van der Waals surface area (Å²) in [6, 6.07) is 4.99. The topological polar surface area (TPSA) is 85.3 Å². The number of nitrogens with zero attached hydrogens (tertiary/aromatic N) is 1. The summed E-state index contributed by atoms with van der Waals surface area (Å²) in [5, 5.41) is 9.21. The lowest BCUT2D eigenvalue weighted by Gasteiger charge is -2.14. The number of benzene rings is 1. The Balaban J connectivity index is 3.26. The van der Waals surface area contributed by atoms with Crippen LogP contribution in [0.2, 0.25) is 5.02 Å². The molecule has 0 atom stereocenters. The van der Waals surface area contributed by atoms with Crippen molar-refractivity contribution in [3.8, 4) is 17.6 Å². The second-order valence-electron chi connectivity index (χ2n) is 4.15. The van der Waals surface area contributed by atoms with E-state index in [0.29, 0.717) is 35.3 Å². The molecule has 0 fully saturated rings. The lowest BCUT2D eigenvalue weighted by molar-refractivity contribution is -0.114. The highest BCUT2D eigenvalue weighted by Gasteiger charge is 2.13. The minimum atomic E-state index is -0.794. The minimum absolute atomic E-state index is 0.157. The van der Waals surface area contributed by atoms with Gasteiger partial charge >= 0.3 is 0 Å². The average molecular weight is 309 g/mol. The van der Waals surface area contributed by atoms with E-state index < -0.39 is 5.91 Å². The zero-order chi connectivity index (χ0) is 15.8. The lowest BCUT2D eigenvalue weighted by atomic mass is 10.1. The lowest BCUT2D eigenvalue weighted by Crippen LogP contribution is -2.12. The molecule has 1 aromatic rings. The highest BCUT2D eigenvalue weighted by molar-refractivity contribution is 6.32. The number of hydrogen-bond acceptors (Lipinski definition) is 4. The number of nitrogens with two attached hydrogens (primary N) is 1. The fourth-order valence-electron chi connectivity index (χ4n) is 1.60. The van der Waals surface area contributed by atoms with Crippen LogP contribution in [0.15, 0.2) is 17.7 Å². The van der Waals surface area contributed by atoms with Crippen LogP contribution < -0.4 is 15.2 Å². The van der Waals surface area contributed by atoms with Crippen molar-refractivity contribution in [3.05, 3.63) is 28.3 Å². The highest BCUT2D eigenvalue weighted by Crippen LogP contribution is 2.37. The van der Waals surface area contributed by atoms with Gasteiger partial charge in [-0.1, -0.05) is 18.5 Å². The predicted octanol–water partition coefficient (Wildman–Crippen LogP) is 2.92. The van der Waals surface area contributed by atoms with Crippen LogP contribution in [0.1, 0.15) is 25.8 Å². The first-order chi connectivity index (χ1) is 10.0. The zero-order valence-electron chi connectivity index (χ0n) is 12.0. The van der Waals surface area contributed by atoms with Crippen molar-refractivity contribution in [3.63, 3.8) is 0 Å². The van der Waals surface area contributed by atoms with Crippen LogP contribution in [0.5, 0.6) is 11.5 Å². The molecule has 0 bridgehead atoms. The van der Waals surface area contributed by atoms with Gasteiger partial charge in [0.15, 0.2) is 11.5 Å². The van der Waals surface area contributed by atoms with E-state index in [9.17, 15) is 4.79 Å². The van der Waals surface area contributed by atoms with E-state index in [1.807, 2.05) is 13.8 Å². The summed E-state index contributed by atoms with van der Waals surface area (Å²) in [6.07, 6.45) is 2.20. The van der Waals surface area contributed by atoms with E-state index in [1.165, 1.54) is 6.08 Å². The molecular weight excluding hydrogens is 292 g/mol. The van der Waals surface area contributed by atoms with E-state index in [2.05, 4.69) is 0 Å². The van der Waals surface area contributed by atoms with Gasteiger partial charge in [0.1, 0.15) is 11.6 Å². The first kappa shape index (κ1) is 16.9. The minimum Gasteiger partial charge on any atom is -0.490 e. The average Bonchev–Trinajstić information content (AvgIpc) is 2.44. The Morgan fingerprint density at radius 2 is 2.14 bits per heavy atom. The van der Waals surface area contributed by atoms with Crippen LogP contribution in [0.25, 0.3) is 6.08 Å². The van der Waals surface area contributed by atoms with Gasteiger partial charge < -0.3 is 15.2 Å². The standard InChI is InChI=1S/C15H17ClN2O3/c1-3-5-21-14-12(16)7-10(8-13(14)20-4-2)6-11(9-17)15(18)19/h6-8H,3-5H2,1-2H3,(H2,18,19)/b11-6+. The first-order valence-corrected chi connectivity index (χ1v) is 6.92. The van der Waals surface area contributed by atoms with Crippen LogP contribution in [-0.4, -0.2) is 19.1 Å². The first-order valence-electron chi connectivity index (χ1n) is 6.54. The van der Waals surface area contributed by atoms with Crippen molar-refractivity contribution in [1.29, 1.82) is 5.26 Å². The monoisotopic (exact) mass is 308 g/mol. The molecule has 2 N–H and O–H groups in total. The van der Waals surface area contributed by atoms with E-state index in [1.54, 1.807) is 18.2 Å². The molecule has 6 heteroatoms. The molecule has 0 spiro atoms. The smallest absolute Gasteiger partial charge is 0.259 e. The molecule has 21 heavy (non-hydrogen) atoms. The summed E-state index contributed by atoms with van der Waals surface area (Å²) in [7, 11) is 0. The maximum absolute atomic E-state index is 11.1. The summed E-state index contributed by atoms with van der Waals surface area (Å²) in [5.41, 5.74) is 5.49. The number of primary amides is 1. The zero-order valence-corrected chi connectivity index (χ0v) is 12.7. The fraction of sp³-hybridized carbons (Fsp3) is 0.333. The van der Waals surface area contributed by atoms with E-state index in [-0.39, 0.29) is 5.57 Å². The summed E-state index contributed by atoms with van der Waals surface area (Å²) in [5.74, 6) is 0.124. The highest BCUT2D eigenvalue weighted by atomic mass is 35.5. The number of rotatable bonds is 7. The third-order valence-electron chi connectivity index (χ3n) is 2.48. The molecule has 112 valence electrons. The summed E-state index contributed by atoms with van der Waals surface area (Å²) in [4.78, 5) is 11.1. The van der Waals surface area contributed by atoms with E-state index in [4.69, 9.17) is 32.1 Å². The quantitative estimate of drug-likeness (QED) is 0.620. The molecule has 0 saturated carbocycles. The van der Waals surface area contributed by atoms with Gasteiger partial charge in [-0.15, -0.1) is 0 Å². The van der Waals surface area contributed by atoms with Crippen LogP contribution in [0.3, 0.4) is 0 Å². The SMILES string of the molecule is CCCOc1c(Cl)cc(/C=C(\C#N)C(N)=O)cc1OCC. The molecule has 5 nitrogen and oxygen atoms in total. The molecule has 1 amide bonds. The van der Waals surface area contributed by atoms with Gasteiger partial charge in [-0.2, -0.15) is 5.26 Å². The van der Waals surface area contributed by atoms with Crippen molar-refractivity contribution in [2.75, 3.05) is 13.2 Å². The number of halogens is 1. The number of carbonyl (C=O) groups is 1. The fourth-order valence-corrected chi connectivity index (χ4v) is 1.88. The largest absolute Gasteiger partial charge is 0.490 e. The van der Waals surface area contributed by atoms with Gasteiger partial charge in [-0.05, 0) is 37.1 Å². The number of amides is 1. The van der Waals surface area contributed by atoms with Gasteiger partial charge in [-0.25, -0.2) is 0 Å².